The first-order valence-corrected chi connectivity index (χ1v) is 8.18. The van der Waals surface area contributed by atoms with Gasteiger partial charge in [-0.3, -0.25) is 4.98 Å². The lowest BCUT2D eigenvalue weighted by Crippen LogP contribution is -2.16. The standard InChI is InChI=1S/C16H12N6O2S/c23-11-3-1-2-9(6-11)18-14-20-15(22-16(24)21-14)19-10-4-5-12-13(7-10)25-8-17-12/h1-8,23H,(H3,18,19,20,21,22,24). The maximum Gasteiger partial charge on any atom is 0.351 e. The number of hydrogen-bond donors (Lipinski definition) is 4. The van der Waals surface area contributed by atoms with E-state index in [9.17, 15) is 9.90 Å². The molecule has 0 amide bonds. The van der Waals surface area contributed by atoms with Crippen molar-refractivity contribution < 1.29 is 5.11 Å². The van der Waals surface area contributed by atoms with Gasteiger partial charge < -0.3 is 15.7 Å². The zero-order valence-corrected chi connectivity index (χ0v) is 13.5. The first-order chi connectivity index (χ1) is 12.2. The van der Waals surface area contributed by atoms with Crippen molar-refractivity contribution in [2.75, 3.05) is 10.6 Å². The molecule has 0 aliphatic rings. The summed E-state index contributed by atoms with van der Waals surface area (Å²) in [6, 6.07) is 12.1. The molecule has 0 bridgehead atoms. The quantitative estimate of drug-likeness (QED) is 0.446. The topological polar surface area (TPSA) is 116 Å². The summed E-state index contributed by atoms with van der Waals surface area (Å²) < 4.78 is 1.02. The number of rotatable bonds is 4. The van der Waals surface area contributed by atoms with Crippen LogP contribution in [0.15, 0.2) is 52.8 Å². The SMILES string of the molecule is O=c1nc(Nc2ccc3ncsc3c2)nc(Nc2cccc(O)c2)[nH]1. The molecule has 0 saturated carbocycles. The number of phenols is 1. The second kappa shape index (κ2) is 6.21. The summed E-state index contributed by atoms with van der Waals surface area (Å²) in [5.74, 6) is 0.486. The summed E-state index contributed by atoms with van der Waals surface area (Å²) in [4.78, 5) is 26.6. The Hall–Kier alpha value is -3.46. The van der Waals surface area contributed by atoms with E-state index in [1.807, 2.05) is 18.2 Å². The zero-order valence-electron chi connectivity index (χ0n) is 12.7. The van der Waals surface area contributed by atoms with Gasteiger partial charge in [0, 0.05) is 17.4 Å². The van der Waals surface area contributed by atoms with Gasteiger partial charge in [-0.25, -0.2) is 9.78 Å². The van der Waals surface area contributed by atoms with Crippen molar-refractivity contribution in [3.63, 3.8) is 0 Å². The largest absolute Gasteiger partial charge is 0.508 e. The number of aromatic amines is 1. The van der Waals surface area contributed by atoms with E-state index >= 15 is 0 Å². The van der Waals surface area contributed by atoms with Gasteiger partial charge in [-0.05, 0) is 30.3 Å². The summed E-state index contributed by atoms with van der Waals surface area (Å²) in [5.41, 5.74) is 3.49. The average Bonchev–Trinajstić information content (AvgIpc) is 3.02. The molecule has 8 nitrogen and oxygen atoms in total. The number of phenolic OH excluding ortho intramolecular Hbond substituents is 1. The van der Waals surface area contributed by atoms with Gasteiger partial charge in [-0.15, -0.1) is 11.3 Å². The number of fused-ring (bicyclic) bond motifs is 1. The second-order valence-electron chi connectivity index (χ2n) is 5.16. The average molecular weight is 352 g/mol. The molecule has 0 unspecified atom stereocenters. The summed E-state index contributed by atoms with van der Waals surface area (Å²) in [5, 5.41) is 15.4. The molecule has 0 fully saturated rings. The number of nitrogens with zero attached hydrogens (tertiary/aromatic N) is 3. The first-order valence-electron chi connectivity index (χ1n) is 7.30. The molecule has 0 atom stereocenters. The zero-order chi connectivity index (χ0) is 17.2. The maximum absolute atomic E-state index is 11.8. The summed E-state index contributed by atoms with van der Waals surface area (Å²) >= 11 is 1.53. The molecule has 124 valence electrons. The van der Waals surface area contributed by atoms with Crippen LogP contribution in [0.5, 0.6) is 5.75 Å². The number of hydrogen-bond acceptors (Lipinski definition) is 8. The molecular weight excluding hydrogens is 340 g/mol. The normalized spacial score (nSPS) is 10.7. The number of anilines is 4. The van der Waals surface area contributed by atoms with E-state index in [-0.39, 0.29) is 17.6 Å². The van der Waals surface area contributed by atoms with Crippen LogP contribution in [0.25, 0.3) is 10.2 Å². The van der Waals surface area contributed by atoms with E-state index < -0.39 is 5.69 Å². The Labute approximate surface area is 145 Å². The van der Waals surface area contributed by atoms with E-state index in [4.69, 9.17) is 0 Å². The van der Waals surface area contributed by atoms with Gasteiger partial charge in [-0.2, -0.15) is 9.97 Å². The van der Waals surface area contributed by atoms with Gasteiger partial charge in [0.05, 0.1) is 15.7 Å². The Kier molecular flexibility index (Phi) is 3.75. The number of H-pyrrole nitrogens is 1. The Balaban J connectivity index is 1.61. The van der Waals surface area contributed by atoms with Gasteiger partial charge in [0.1, 0.15) is 5.75 Å². The molecule has 25 heavy (non-hydrogen) atoms. The lowest BCUT2D eigenvalue weighted by Gasteiger charge is -2.08. The monoisotopic (exact) mass is 352 g/mol. The molecule has 0 spiro atoms. The Morgan fingerprint density at radius 1 is 1.04 bits per heavy atom. The molecule has 2 heterocycles. The van der Waals surface area contributed by atoms with E-state index in [2.05, 4.69) is 30.6 Å². The van der Waals surface area contributed by atoms with Crippen LogP contribution in [0, 0.1) is 0 Å². The number of aromatic nitrogens is 4. The van der Waals surface area contributed by atoms with Crippen molar-refractivity contribution in [2.24, 2.45) is 0 Å². The number of nitrogens with one attached hydrogen (secondary N) is 3. The highest BCUT2D eigenvalue weighted by molar-refractivity contribution is 7.16. The maximum atomic E-state index is 11.8. The highest BCUT2D eigenvalue weighted by atomic mass is 32.1. The van der Waals surface area contributed by atoms with Crippen LogP contribution in [0.4, 0.5) is 23.3 Å². The van der Waals surface area contributed by atoms with Gasteiger partial charge in [0.2, 0.25) is 11.9 Å². The molecule has 0 saturated heterocycles. The van der Waals surface area contributed by atoms with E-state index in [0.717, 1.165) is 15.9 Å². The molecule has 0 radical (unpaired) electrons. The van der Waals surface area contributed by atoms with Gasteiger partial charge >= 0.3 is 5.69 Å². The number of benzene rings is 2. The fourth-order valence-corrected chi connectivity index (χ4v) is 3.00. The minimum absolute atomic E-state index is 0.109. The smallest absolute Gasteiger partial charge is 0.351 e. The van der Waals surface area contributed by atoms with Gasteiger partial charge in [0.25, 0.3) is 0 Å². The first kappa shape index (κ1) is 15.1. The third-order valence-electron chi connectivity index (χ3n) is 3.35. The summed E-state index contributed by atoms with van der Waals surface area (Å²) in [6.07, 6.45) is 0. The van der Waals surface area contributed by atoms with Crippen molar-refractivity contribution in [3.05, 3.63) is 58.5 Å². The van der Waals surface area contributed by atoms with Crippen LogP contribution >= 0.6 is 11.3 Å². The summed E-state index contributed by atoms with van der Waals surface area (Å²) in [6.45, 7) is 0. The van der Waals surface area contributed by atoms with E-state index in [1.54, 1.807) is 23.7 Å². The van der Waals surface area contributed by atoms with Crippen LogP contribution in [0.1, 0.15) is 0 Å². The minimum atomic E-state index is -0.543. The van der Waals surface area contributed by atoms with Crippen molar-refractivity contribution >= 4 is 44.8 Å². The lowest BCUT2D eigenvalue weighted by atomic mass is 10.3. The lowest BCUT2D eigenvalue weighted by molar-refractivity contribution is 0.475. The van der Waals surface area contributed by atoms with Crippen LogP contribution in [-0.2, 0) is 0 Å². The Morgan fingerprint density at radius 3 is 2.80 bits per heavy atom. The van der Waals surface area contributed by atoms with Gasteiger partial charge in [-0.1, -0.05) is 6.07 Å². The Morgan fingerprint density at radius 2 is 1.92 bits per heavy atom. The van der Waals surface area contributed by atoms with Crippen LogP contribution in [0.2, 0.25) is 0 Å². The molecule has 4 aromatic rings. The molecule has 2 aromatic carbocycles. The molecular formula is C16H12N6O2S. The van der Waals surface area contributed by atoms with E-state index in [1.165, 1.54) is 17.4 Å². The summed E-state index contributed by atoms with van der Waals surface area (Å²) in [7, 11) is 0. The van der Waals surface area contributed by atoms with Crippen molar-refractivity contribution in [2.45, 2.75) is 0 Å². The van der Waals surface area contributed by atoms with E-state index in [0.29, 0.717) is 5.69 Å². The molecule has 0 aliphatic carbocycles. The Bertz CT molecular complexity index is 1110. The van der Waals surface area contributed by atoms with Crippen molar-refractivity contribution in [3.8, 4) is 5.75 Å². The predicted molar refractivity (Wildman–Crippen MR) is 96.9 cm³/mol. The number of aromatic hydroxyl groups is 1. The molecule has 9 heteroatoms. The fourth-order valence-electron chi connectivity index (χ4n) is 2.28. The number of thiazole rings is 1. The third-order valence-corrected chi connectivity index (χ3v) is 4.14. The molecule has 4 rings (SSSR count). The van der Waals surface area contributed by atoms with Crippen LogP contribution < -0.4 is 16.3 Å². The van der Waals surface area contributed by atoms with Gasteiger partial charge in [0.15, 0.2) is 0 Å². The third kappa shape index (κ3) is 3.40. The predicted octanol–water partition coefficient (Wildman–Crippen LogP) is 2.97. The van der Waals surface area contributed by atoms with Crippen molar-refractivity contribution in [1.82, 2.24) is 19.9 Å². The van der Waals surface area contributed by atoms with Crippen LogP contribution in [0.3, 0.4) is 0 Å². The molecule has 0 aliphatic heterocycles. The highest BCUT2D eigenvalue weighted by Gasteiger charge is 2.06. The van der Waals surface area contributed by atoms with Crippen LogP contribution in [-0.4, -0.2) is 25.0 Å². The van der Waals surface area contributed by atoms with Crippen molar-refractivity contribution in [1.29, 1.82) is 0 Å². The fraction of sp³-hybridized carbons (Fsp3) is 0. The minimum Gasteiger partial charge on any atom is -0.508 e. The highest BCUT2D eigenvalue weighted by Crippen LogP contribution is 2.23. The molecule has 2 aromatic heterocycles. The second-order valence-corrected chi connectivity index (χ2v) is 6.05. The molecule has 4 N–H and O–H groups in total.